The number of ketones is 2. The molecule has 0 aromatic carbocycles. The molecule has 1 heterocycles. The Morgan fingerprint density at radius 3 is 2.62 bits per heavy atom. The van der Waals surface area contributed by atoms with Gasteiger partial charge in [0.1, 0.15) is 0 Å². The fraction of sp³-hybridized carbons (Fsp3) is 0.200. The molecule has 8 heavy (non-hydrogen) atoms. The summed E-state index contributed by atoms with van der Waals surface area (Å²) in [6, 6.07) is 0. The van der Waals surface area contributed by atoms with Crippen LogP contribution in [-0.2, 0) is 9.59 Å². The average molecular weight is 128 g/mol. The normalized spacial score (nSPS) is 19.5. The summed E-state index contributed by atoms with van der Waals surface area (Å²) in [4.78, 5) is 20.7. The van der Waals surface area contributed by atoms with Crippen LogP contribution in [0.5, 0.6) is 0 Å². The predicted octanol–water partition coefficient (Wildman–Crippen LogP) is 0.385. The van der Waals surface area contributed by atoms with Crippen molar-refractivity contribution in [2.45, 2.75) is 0 Å². The first kappa shape index (κ1) is 5.56. The molecule has 42 valence electrons. The molecule has 1 rings (SSSR count). The van der Waals surface area contributed by atoms with Crippen molar-refractivity contribution in [1.29, 1.82) is 0 Å². The second-order valence-electron chi connectivity index (χ2n) is 1.40. The van der Waals surface area contributed by atoms with Crippen molar-refractivity contribution >= 4 is 23.3 Å². The standard InChI is InChI=1S/C5H4O2S/c6-4-1-2-8-3-5(4)7/h1-2H,3H2. The zero-order valence-corrected chi connectivity index (χ0v) is 4.90. The number of carbonyl (C=O) groups is 2. The molecule has 0 unspecified atom stereocenters. The number of Topliss-reactive ketones (excluding diaryl/α,β-unsaturated/α-hetero) is 1. The van der Waals surface area contributed by atoms with Gasteiger partial charge >= 0.3 is 0 Å². The molecule has 1 aliphatic heterocycles. The van der Waals surface area contributed by atoms with E-state index in [0.717, 1.165) is 0 Å². The van der Waals surface area contributed by atoms with Crippen LogP contribution in [0.15, 0.2) is 11.5 Å². The lowest BCUT2D eigenvalue weighted by Gasteiger charge is -1.96. The lowest BCUT2D eigenvalue weighted by molar-refractivity contribution is -0.132. The van der Waals surface area contributed by atoms with Crippen LogP contribution >= 0.6 is 11.8 Å². The minimum absolute atomic E-state index is 0.294. The summed E-state index contributed by atoms with van der Waals surface area (Å²) in [5, 5.41) is 1.64. The van der Waals surface area contributed by atoms with Gasteiger partial charge in [-0.1, -0.05) is 0 Å². The van der Waals surface area contributed by atoms with Gasteiger partial charge in [-0.2, -0.15) is 0 Å². The largest absolute Gasteiger partial charge is 0.290 e. The van der Waals surface area contributed by atoms with Crippen LogP contribution in [-0.4, -0.2) is 17.3 Å². The predicted molar refractivity (Wildman–Crippen MR) is 31.6 cm³/mol. The summed E-state index contributed by atoms with van der Waals surface area (Å²) in [6.45, 7) is 0. The summed E-state index contributed by atoms with van der Waals surface area (Å²) in [6.07, 6.45) is 1.30. The monoisotopic (exact) mass is 128 g/mol. The first-order chi connectivity index (χ1) is 3.80. The summed E-state index contributed by atoms with van der Waals surface area (Å²) in [7, 11) is 0. The minimum Gasteiger partial charge on any atom is -0.290 e. The third-order valence-electron chi connectivity index (χ3n) is 0.805. The molecule has 0 atom stereocenters. The molecule has 0 aromatic rings. The molecule has 0 saturated carbocycles. The third kappa shape index (κ3) is 0.980. The Hall–Kier alpha value is -0.570. The van der Waals surface area contributed by atoms with Gasteiger partial charge in [0, 0.05) is 0 Å². The van der Waals surface area contributed by atoms with Gasteiger partial charge in [0.05, 0.1) is 5.75 Å². The van der Waals surface area contributed by atoms with Crippen LogP contribution < -0.4 is 0 Å². The van der Waals surface area contributed by atoms with Crippen LogP contribution in [0.2, 0.25) is 0 Å². The third-order valence-corrected chi connectivity index (χ3v) is 1.56. The number of hydrogen-bond acceptors (Lipinski definition) is 3. The molecule has 0 fully saturated rings. The zero-order chi connectivity index (χ0) is 5.98. The second-order valence-corrected chi connectivity index (χ2v) is 2.30. The van der Waals surface area contributed by atoms with E-state index in [0.29, 0.717) is 5.75 Å². The summed E-state index contributed by atoms with van der Waals surface area (Å²) < 4.78 is 0. The van der Waals surface area contributed by atoms with Crippen molar-refractivity contribution in [2.75, 3.05) is 5.75 Å². The molecule has 0 aromatic heterocycles. The minimum atomic E-state index is -0.372. The van der Waals surface area contributed by atoms with E-state index in [9.17, 15) is 9.59 Å². The van der Waals surface area contributed by atoms with Gasteiger partial charge in [0.15, 0.2) is 0 Å². The fourth-order valence-corrected chi connectivity index (χ4v) is 1.01. The van der Waals surface area contributed by atoms with Crippen LogP contribution in [0.25, 0.3) is 0 Å². The maximum absolute atomic E-state index is 10.4. The second kappa shape index (κ2) is 2.13. The highest BCUT2D eigenvalue weighted by Gasteiger charge is 2.12. The highest BCUT2D eigenvalue weighted by atomic mass is 32.2. The molecule has 0 amide bonds. The Morgan fingerprint density at radius 2 is 2.25 bits per heavy atom. The summed E-state index contributed by atoms with van der Waals surface area (Å²) in [5.41, 5.74) is 0. The molecule has 0 bridgehead atoms. The Bertz CT molecular complexity index is 160. The molecule has 0 saturated heterocycles. The van der Waals surface area contributed by atoms with Crippen molar-refractivity contribution in [3.63, 3.8) is 0 Å². The van der Waals surface area contributed by atoms with Crippen molar-refractivity contribution in [3.8, 4) is 0 Å². The number of rotatable bonds is 0. The zero-order valence-electron chi connectivity index (χ0n) is 4.09. The maximum Gasteiger partial charge on any atom is 0.222 e. The highest BCUT2D eigenvalue weighted by Crippen LogP contribution is 2.07. The van der Waals surface area contributed by atoms with Crippen molar-refractivity contribution in [2.24, 2.45) is 0 Å². The van der Waals surface area contributed by atoms with Crippen LogP contribution in [0.4, 0.5) is 0 Å². The topological polar surface area (TPSA) is 34.1 Å². The Morgan fingerprint density at radius 1 is 1.50 bits per heavy atom. The number of allylic oxidation sites excluding steroid dienone is 1. The van der Waals surface area contributed by atoms with E-state index < -0.39 is 0 Å². The lowest BCUT2D eigenvalue weighted by Crippen LogP contribution is -2.15. The maximum atomic E-state index is 10.4. The van der Waals surface area contributed by atoms with Crippen molar-refractivity contribution in [3.05, 3.63) is 11.5 Å². The average Bonchev–Trinajstić information content (AvgIpc) is 1.77. The van der Waals surface area contributed by atoms with E-state index in [1.54, 1.807) is 5.41 Å². The highest BCUT2D eigenvalue weighted by molar-refractivity contribution is 8.03. The smallest absolute Gasteiger partial charge is 0.222 e. The van der Waals surface area contributed by atoms with E-state index in [-0.39, 0.29) is 11.6 Å². The Kier molecular flexibility index (Phi) is 1.48. The molecule has 0 N–H and O–H groups in total. The molecular weight excluding hydrogens is 124 g/mol. The molecule has 0 spiro atoms. The molecule has 3 heteroatoms. The molecule has 0 aliphatic carbocycles. The van der Waals surface area contributed by atoms with E-state index in [4.69, 9.17) is 0 Å². The SMILES string of the molecule is O=C1C=CSCC1=O. The number of carbonyl (C=O) groups excluding carboxylic acids is 2. The lowest BCUT2D eigenvalue weighted by atomic mass is 10.3. The fourth-order valence-electron chi connectivity index (χ4n) is 0.398. The molecule has 1 aliphatic rings. The molecular formula is C5H4O2S. The van der Waals surface area contributed by atoms with E-state index in [1.807, 2.05) is 0 Å². The summed E-state index contributed by atoms with van der Waals surface area (Å²) >= 11 is 1.36. The van der Waals surface area contributed by atoms with Gasteiger partial charge in [0.2, 0.25) is 11.6 Å². The van der Waals surface area contributed by atoms with Crippen molar-refractivity contribution in [1.82, 2.24) is 0 Å². The van der Waals surface area contributed by atoms with Crippen molar-refractivity contribution < 1.29 is 9.59 Å². The van der Waals surface area contributed by atoms with Crippen LogP contribution in [0, 0.1) is 0 Å². The van der Waals surface area contributed by atoms with Gasteiger partial charge in [-0.3, -0.25) is 9.59 Å². The number of hydrogen-bond donors (Lipinski definition) is 0. The van der Waals surface area contributed by atoms with Gasteiger partial charge in [-0.25, -0.2) is 0 Å². The van der Waals surface area contributed by atoms with Gasteiger partial charge in [-0.15, -0.1) is 11.8 Å². The first-order valence-electron chi connectivity index (χ1n) is 2.16. The first-order valence-corrected chi connectivity index (χ1v) is 3.21. The van der Waals surface area contributed by atoms with E-state index >= 15 is 0 Å². The number of thioether (sulfide) groups is 1. The Labute approximate surface area is 50.9 Å². The van der Waals surface area contributed by atoms with Gasteiger partial charge in [-0.05, 0) is 11.5 Å². The summed E-state index contributed by atoms with van der Waals surface area (Å²) in [5.74, 6) is -0.351. The van der Waals surface area contributed by atoms with Crippen LogP contribution in [0.1, 0.15) is 0 Å². The van der Waals surface area contributed by atoms with E-state index in [1.165, 1.54) is 17.8 Å². The molecule has 0 radical (unpaired) electrons. The molecule has 2 nitrogen and oxygen atoms in total. The van der Waals surface area contributed by atoms with Crippen LogP contribution in [0.3, 0.4) is 0 Å². The van der Waals surface area contributed by atoms with E-state index in [2.05, 4.69) is 0 Å². The van der Waals surface area contributed by atoms with Gasteiger partial charge in [0.25, 0.3) is 0 Å². The van der Waals surface area contributed by atoms with Gasteiger partial charge < -0.3 is 0 Å². The Balaban J connectivity index is 2.75. The quantitative estimate of drug-likeness (QED) is 0.442.